The van der Waals surface area contributed by atoms with Crippen LogP contribution >= 0.6 is 0 Å². The summed E-state index contributed by atoms with van der Waals surface area (Å²) >= 11 is 0. The van der Waals surface area contributed by atoms with Gasteiger partial charge in [-0.1, -0.05) is 6.92 Å². The van der Waals surface area contributed by atoms with Crippen molar-refractivity contribution in [2.45, 2.75) is 19.8 Å². The maximum atomic E-state index is 4.61. The number of rotatable bonds is 1. The van der Waals surface area contributed by atoms with E-state index in [0.29, 0.717) is 0 Å². The quantitative estimate of drug-likeness (QED) is 0.730. The Kier molecular flexibility index (Phi) is 2.27. The van der Waals surface area contributed by atoms with Crippen molar-refractivity contribution in [1.82, 2.24) is 14.6 Å². The third kappa shape index (κ3) is 1.64. The summed E-state index contributed by atoms with van der Waals surface area (Å²) in [6.07, 6.45) is 6.30. The van der Waals surface area contributed by atoms with Crippen LogP contribution in [-0.4, -0.2) is 27.7 Å². The van der Waals surface area contributed by atoms with Gasteiger partial charge in [-0.25, -0.2) is 9.50 Å². The van der Waals surface area contributed by atoms with Gasteiger partial charge in [0.1, 0.15) is 5.82 Å². The molecule has 1 aliphatic heterocycles. The Balaban J connectivity index is 1.87. The van der Waals surface area contributed by atoms with Gasteiger partial charge >= 0.3 is 0 Å². The van der Waals surface area contributed by atoms with Gasteiger partial charge in [-0.3, -0.25) is 0 Å². The van der Waals surface area contributed by atoms with Crippen LogP contribution in [0.5, 0.6) is 0 Å². The zero-order chi connectivity index (χ0) is 11.0. The molecule has 84 valence electrons. The Hall–Kier alpha value is -1.58. The number of fused-ring (bicyclic) bond motifs is 1. The summed E-state index contributed by atoms with van der Waals surface area (Å²) in [5.41, 5.74) is 0.927. The molecule has 0 aliphatic carbocycles. The van der Waals surface area contributed by atoms with Gasteiger partial charge in [0.2, 0.25) is 0 Å². The first-order chi connectivity index (χ1) is 7.83. The second-order valence-corrected chi connectivity index (χ2v) is 4.59. The van der Waals surface area contributed by atoms with Crippen LogP contribution in [0, 0.1) is 5.92 Å². The lowest BCUT2D eigenvalue weighted by molar-refractivity contribution is 0.436. The van der Waals surface area contributed by atoms with E-state index < -0.39 is 0 Å². The first-order valence-electron chi connectivity index (χ1n) is 5.88. The second-order valence-electron chi connectivity index (χ2n) is 4.59. The van der Waals surface area contributed by atoms with Gasteiger partial charge in [0.25, 0.3) is 0 Å². The Morgan fingerprint density at radius 1 is 1.25 bits per heavy atom. The van der Waals surface area contributed by atoms with Crippen molar-refractivity contribution in [3.8, 4) is 0 Å². The van der Waals surface area contributed by atoms with Crippen LogP contribution < -0.4 is 4.90 Å². The topological polar surface area (TPSA) is 33.4 Å². The summed E-state index contributed by atoms with van der Waals surface area (Å²) in [6, 6.07) is 3.99. The number of hydrogen-bond acceptors (Lipinski definition) is 3. The molecule has 4 heteroatoms. The lowest BCUT2D eigenvalue weighted by atomic mass is 9.99. The molecule has 0 bridgehead atoms. The van der Waals surface area contributed by atoms with Crippen molar-refractivity contribution in [1.29, 1.82) is 0 Å². The highest BCUT2D eigenvalue weighted by Crippen LogP contribution is 2.21. The minimum Gasteiger partial charge on any atom is -0.356 e. The highest BCUT2D eigenvalue weighted by molar-refractivity contribution is 5.47. The van der Waals surface area contributed by atoms with E-state index in [2.05, 4.69) is 28.0 Å². The number of aromatic nitrogens is 3. The Labute approximate surface area is 94.9 Å². The summed E-state index contributed by atoms with van der Waals surface area (Å²) in [7, 11) is 0. The van der Waals surface area contributed by atoms with Crippen molar-refractivity contribution in [2.75, 3.05) is 18.0 Å². The van der Waals surface area contributed by atoms with Crippen molar-refractivity contribution >= 4 is 11.5 Å². The standard InChI is InChI=1S/C12H16N4/c1-10-3-7-15(8-4-10)11-5-9-16-12(14-11)2-6-13-16/h2,5-6,9-10H,3-4,7-8H2,1H3. The average Bonchev–Trinajstić information content (AvgIpc) is 2.77. The smallest absolute Gasteiger partial charge is 0.157 e. The molecule has 16 heavy (non-hydrogen) atoms. The van der Waals surface area contributed by atoms with Gasteiger partial charge < -0.3 is 4.90 Å². The first-order valence-corrected chi connectivity index (χ1v) is 5.88. The molecule has 0 unspecified atom stereocenters. The zero-order valence-electron chi connectivity index (χ0n) is 9.50. The molecule has 0 amide bonds. The number of anilines is 1. The molecule has 3 rings (SSSR count). The molecule has 1 aliphatic rings. The molecule has 1 saturated heterocycles. The van der Waals surface area contributed by atoms with Crippen LogP contribution in [0.3, 0.4) is 0 Å². The van der Waals surface area contributed by atoms with E-state index in [1.165, 1.54) is 12.8 Å². The van der Waals surface area contributed by atoms with E-state index >= 15 is 0 Å². The lowest BCUT2D eigenvalue weighted by Gasteiger charge is -2.31. The van der Waals surface area contributed by atoms with Gasteiger partial charge in [-0.05, 0) is 24.8 Å². The Morgan fingerprint density at radius 2 is 2.06 bits per heavy atom. The van der Waals surface area contributed by atoms with Gasteiger partial charge in [0.05, 0.1) is 6.20 Å². The molecule has 0 saturated carbocycles. The van der Waals surface area contributed by atoms with Crippen molar-refractivity contribution in [2.24, 2.45) is 5.92 Å². The molecule has 2 aromatic rings. The van der Waals surface area contributed by atoms with E-state index in [1.54, 1.807) is 10.7 Å². The van der Waals surface area contributed by atoms with E-state index in [0.717, 1.165) is 30.5 Å². The normalized spacial score (nSPS) is 18.2. The molecular weight excluding hydrogens is 200 g/mol. The van der Waals surface area contributed by atoms with Crippen LogP contribution in [0.4, 0.5) is 5.82 Å². The molecular formula is C12H16N4. The fraction of sp³-hybridized carbons (Fsp3) is 0.500. The van der Waals surface area contributed by atoms with E-state index in [1.807, 2.05) is 12.3 Å². The molecule has 0 aromatic carbocycles. The second kappa shape index (κ2) is 3.77. The van der Waals surface area contributed by atoms with Gasteiger partial charge in [0, 0.05) is 25.4 Å². The maximum absolute atomic E-state index is 4.61. The number of piperidine rings is 1. The monoisotopic (exact) mass is 216 g/mol. The summed E-state index contributed by atoms with van der Waals surface area (Å²) in [4.78, 5) is 6.98. The fourth-order valence-electron chi connectivity index (χ4n) is 2.22. The van der Waals surface area contributed by atoms with Gasteiger partial charge in [-0.2, -0.15) is 5.10 Å². The van der Waals surface area contributed by atoms with Crippen LogP contribution in [-0.2, 0) is 0 Å². The predicted molar refractivity (Wildman–Crippen MR) is 63.6 cm³/mol. The third-order valence-electron chi connectivity index (χ3n) is 3.35. The Bertz CT molecular complexity index is 482. The van der Waals surface area contributed by atoms with E-state index in [-0.39, 0.29) is 0 Å². The van der Waals surface area contributed by atoms with Crippen LogP contribution in [0.1, 0.15) is 19.8 Å². The summed E-state index contributed by atoms with van der Waals surface area (Å²) in [5.74, 6) is 1.94. The molecule has 1 fully saturated rings. The highest BCUT2D eigenvalue weighted by atomic mass is 15.3. The highest BCUT2D eigenvalue weighted by Gasteiger charge is 2.16. The predicted octanol–water partition coefficient (Wildman–Crippen LogP) is 1.97. The van der Waals surface area contributed by atoms with Gasteiger partial charge in [-0.15, -0.1) is 0 Å². The largest absolute Gasteiger partial charge is 0.356 e. The van der Waals surface area contributed by atoms with Crippen LogP contribution in [0.2, 0.25) is 0 Å². The minimum absolute atomic E-state index is 0.856. The van der Waals surface area contributed by atoms with Crippen LogP contribution in [0.15, 0.2) is 24.5 Å². The minimum atomic E-state index is 0.856. The molecule has 0 atom stereocenters. The van der Waals surface area contributed by atoms with Gasteiger partial charge in [0.15, 0.2) is 5.65 Å². The van der Waals surface area contributed by atoms with E-state index in [4.69, 9.17) is 0 Å². The summed E-state index contributed by atoms with van der Waals surface area (Å²) < 4.78 is 1.80. The number of hydrogen-bond donors (Lipinski definition) is 0. The summed E-state index contributed by atoms with van der Waals surface area (Å²) in [5, 5.41) is 4.15. The van der Waals surface area contributed by atoms with Crippen molar-refractivity contribution in [3.05, 3.63) is 24.5 Å². The first kappa shape index (κ1) is 9.63. The average molecular weight is 216 g/mol. The zero-order valence-corrected chi connectivity index (χ0v) is 9.50. The fourth-order valence-corrected chi connectivity index (χ4v) is 2.22. The van der Waals surface area contributed by atoms with Crippen molar-refractivity contribution < 1.29 is 0 Å². The molecule has 4 nitrogen and oxygen atoms in total. The third-order valence-corrected chi connectivity index (χ3v) is 3.35. The lowest BCUT2D eigenvalue weighted by Crippen LogP contribution is -2.33. The molecule has 2 aromatic heterocycles. The number of nitrogens with zero attached hydrogens (tertiary/aromatic N) is 4. The summed E-state index contributed by atoms with van der Waals surface area (Å²) in [6.45, 7) is 4.57. The van der Waals surface area contributed by atoms with Crippen LogP contribution in [0.25, 0.3) is 5.65 Å². The molecule has 3 heterocycles. The van der Waals surface area contributed by atoms with Crippen molar-refractivity contribution in [3.63, 3.8) is 0 Å². The molecule has 0 spiro atoms. The van der Waals surface area contributed by atoms with E-state index in [9.17, 15) is 0 Å². The maximum Gasteiger partial charge on any atom is 0.157 e. The molecule has 0 N–H and O–H groups in total. The Morgan fingerprint density at radius 3 is 2.88 bits per heavy atom. The SMILES string of the molecule is CC1CCN(c2ccn3nccc3n2)CC1. The molecule has 0 radical (unpaired) electrons.